The van der Waals surface area contributed by atoms with Crippen molar-refractivity contribution in [3.8, 4) is 0 Å². The molecule has 2 aliphatic heterocycles. The number of carbonyl (C=O) groups excluding carboxylic acids is 1. The van der Waals surface area contributed by atoms with E-state index in [1.165, 1.54) is 16.7 Å². The van der Waals surface area contributed by atoms with Gasteiger partial charge < -0.3 is 15.1 Å². The van der Waals surface area contributed by atoms with E-state index in [1.807, 2.05) is 6.92 Å². The molecule has 2 N–H and O–H groups in total. The number of rotatable bonds is 3. The Morgan fingerprint density at radius 3 is 2.65 bits per heavy atom. The number of carboxylic acids is 1. The molecule has 3 unspecified atom stereocenters. The highest BCUT2D eigenvalue weighted by Gasteiger charge is 2.45. The predicted octanol–water partition coefficient (Wildman–Crippen LogP) is 1.19. The summed E-state index contributed by atoms with van der Waals surface area (Å²) in [6.45, 7) is 4.49. The zero-order valence-electron chi connectivity index (χ0n) is 11.9. The number of urea groups is 1. The summed E-state index contributed by atoms with van der Waals surface area (Å²) in [7, 11) is 0. The first kappa shape index (κ1) is 15.4. The van der Waals surface area contributed by atoms with Crippen molar-refractivity contribution in [2.75, 3.05) is 18.8 Å². The highest BCUT2D eigenvalue weighted by atomic mass is 32.2. The number of aliphatic hydroxyl groups is 1. The largest absolute Gasteiger partial charge is 0.480 e. The smallest absolute Gasteiger partial charge is 0.327 e. The molecule has 2 aliphatic rings. The van der Waals surface area contributed by atoms with Crippen molar-refractivity contribution in [1.82, 2.24) is 9.80 Å². The van der Waals surface area contributed by atoms with Crippen LogP contribution in [-0.4, -0.2) is 67.9 Å². The zero-order chi connectivity index (χ0) is 14.9. The van der Waals surface area contributed by atoms with Crippen molar-refractivity contribution < 1.29 is 19.8 Å². The molecule has 0 aliphatic carbocycles. The van der Waals surface area contributed by atoms with Gasteiger partial charge in [-0.2, -0.15) is 0 Å². The number of likely N-dealkylation sites (tertiary alicyclic amines) is 1. The number of carbonyl (C=O) groups is 2. The molecule has 2 fully saturated rings. The Morgan fingerprint density at radius 2 is 2.15 bits per heavy atom. The summed E-state index contributed by atoms with van der Waals surface area (Å²) in [6.07, 6.45) is 2.24. The average Bonchev–Trinajstić information content (AvgIpc) is 2.92. The second kappa shape index (κ2) is 5.81. The molecule has 6 nitrogen and oxygen atoms in total. The number of β-amino-alcohol motifs (C(OH)–C–C–N with tert-alkyl or cyclic N) is 1. The molecule has 0 aromatic rings. The van der Waals surface area contributed by atoms with Crippen LogP contribution in [-0.2, 0) is 4.79 Å². The lowest BCUT2D eigenvalue weighted by Gasteiger charge is -2.31. The minimum atomic E-state index is -0.949. The first-order valence-electron chi connectivity index (χ1n) is 7.00. The summed E-state index contributed by atoms with van der Waals surface area (Å²) in [5.74, 6) is -0.508. The normalized spacial score (nSPS) is 33.8. The fourth-order valence-electron chi connectivity index (χ4n) is 2.75. The van der Waals surface area contributed by atoms with Crippen LogP contribution in [0.4, 0.5) is 4.79 Å². The fraction of sp³-hybridized carbons (Fsp3) is 0.846. The highest BCUT2D eigenvalue weighted by Crippen LogP contribution is 2.34. The predicted molar refractivity (Wildman–Crippen MR) is 76.6 cm³/mol. The molecule has 0 bridgehead atoms. The van der Waals surface area contributed by atoms with Crippen LogP contribution >= 0.6 is 11.8 Å². The van der Waals surface area contributed by atoms with Crippen LogP contribution in [0.25, 0.3) is 0 Å². The number of hydrogen-bond acceptors (Lipinski definition) is 4. The first-order chi connectivity index (χ1) is 9.35. The number of nitrogens with zero attached hydrogens (tertiary/aromatic N) is 2. The van der Waals surface area contributed by atoms with Crippen LogP contribution in [0.15, 0.2) is 0 Å². The third-order valence-electron chi connectivity index (χ3n) is 3.86. The van der Waals surface area contributed by atoms with Gasteiger partial charge in [-0.1, -0.05) is 13.3 Å². The number of thioether (sulfide) groups is 1. The van der Waals surface area contributed by atoms with Crippen molar-refractivity contribution in [1.29, 1.82) is 0 Å². The molecule has 7 heteroatoms. The fourth-order valence-corrected chi connectivity index (χ4v) is 4.26. The maximum atomic E-state index is 12.6. The quantitative estimate of drug-likeness (QED) is 0.818. The topological polar surface area (TPSA) is 81.1 Å². The number of carboxylic acid groups (broad SMARTS) is 1. The van der Waals surface area contributed by atoms with Gasteiger partial charge in [0.1, 0.15) is 6.04 Å². The van der Waals surface area contributed by atoms with Crippen molar-refractivity contribution in [3.05, 3.63) is 0 Å². The molecule has 114 valence electrons. The molecule has 0 radical (unpaired) electrons. The monoisotopic (exact) mass is 302 g/mol. The summed E-state index contributed by atoms with van der Waals surface area (Å²) in [5.41, 5.74) is -0.860. The Kier molecular flexibility index (Phi) is 4.49. The van der Waals surface area contributed by atoms with E-state index in [1.54, 1.807) is 11.8 Å². The van der Waals surface area contributed by atoms with Crippen LogP contribution in [0.3, 0.4) is 0 Å². The van der Waals surface area contributed by atoms with Crippen molar-refractivity contribution in [3.63, 3.8) is 0 Å². The van der Waals surface area contributed by atoms with Gasteiger partial charge in [0.15, 0.2) is 0 Å². The number of amides is 2. The van der Waals surface area contributed by atoms with Gasteiger partial charge in [-0.3, -0.25) is 4.90 Å². The molecule has 2 saturated heterocycles. The van der Waals surface area contributed by atoms with Gasteiger partial charge >= 0.3 is 12.0 Å². The Bertz CT molecular complexity index is 402. The van der Waals surface area contributed by atoms with Crippen molar-refractivity contribution in [2.45, 2.75) is 50.1 Å². The molecule has 0 aromatic heterocycles. The van der Waals surface area contributed by atoms with Crippen LogP contribution < -0.4 is 0 Å². The Hall–Kier alpha value is -0.950. The Morgan fingerprint density at radius 1 is 1.45 bits per heavy atom. The van der Waals surface area contributed by atoms with Gasteiger partial charge in [-0.15, -0.1) is 11.8 Å². The third-order valence-corrected chi connectivity index (χ3v) is 5.21. The molecule has 0 aromatic carbocycles. The van der Waals surface area contributed by atoms with E-state index in [9.17, 15) is 19.8 Å². The lowest BCUT2D eigenvalue weighted by Crippen LogP contribution is -2.51. The van der Waals surface area contributed by atoms with Gasteiger partial charge in [0.2, 0.25) is 0 Å². The minimum Gasteiger partial charge on any atom is -0.480 e. The molecule has 0 spiro atoms. The van der Waals surface area contributed by atoms with E-state index < -0.39 is 17.6 Å². The molecular formula is C13H22N2O4S. The van der Waals surface area contributed by atoms with Crippen molar-refractivity contribution >= 4 is 23.8 Å². The molecular weight excluding hydrogens is 280 g/mol. The van der Waals surface area contributed by atoms with Gasteiger partial charge in [-0.25, -0.2) is 9.59 Å². The van der Waals surface area contributed by atoms with E-state index in [0.717, 1.165) is 12.8 Å². The summed E-state index contributed by atoms with van der Waals surface area (Å²) >= 11 is 1.53. The lowest BCUT2D eigenvalue weighted by atomic mass is 10.1. The lowest BCUT2D eigenvalue weighted by molar-refractivity contribution is -0.141. The zero-order valence-corrected chi connectivity index (χ0v) is 12.7. The van der Waals surface area contributed by atoms with Crippen molar-refractivity contribution in [2.24, 2.45) is 0 Å². The van der Waals surface area contributed by atoms with Crippen LogP contribution in [0.2, 0.25) is 0 Å². The van der Waals surface area contributed by atoms with E-state index in [4.69, 9.17) is 0 Å². The maximum absolute atomic E-state index is 12.6. The summed E-state index contributed by atoms with van der Waals surface area (Å²) < 4.78 is 0. The maximum Gasteiger partial charge on any atom is 0.327 e. The van der Waals surface area contributed by atoms with Gasteiger partial charge in [0, 0.05) is 12.3 Å². The third kappa shape index (κ3) is 3.03. The Balaban J connectivity index is 2.13. The Labute approximate surface area is 123 Å². The molecule has 2 rings (SSSR count). The SMILES string of the molecule is CCCC1SCC(C(=O)O)N1C(=O)N1CCC(C)(O)C1. The molecule has 20 heavy (non-hydrogen) atoms. The van der Waals surface area contributed by atoms with E-state index in [2.05, 4.69) is 0 Å². The first-order valence-corrected chi connectivity index (χ1v) is 8.04. The van der Waals surface area contributed by atoms with Crippen LogP contribution in [0, 0.1) is 0 Å². The van der Waals surface area contributed by atoms with Gasteiger partial charge in [0.05, 0.1) is 17.5 Å². The summed E-state index contributed by atoms with van der Waals surface area (Å²) in [6, 6.07) is -1.01. The van der Waals surface area contributed by atoms with Gasteiger partial charge in [-0.05, 0) is 19.8 Å². The van der Waals surface area contributed by atoms with Crippen LogP contribution in [0.1, 0.15) is 33.1 Å². The minimum absolute atomic E-state index is 0.0702. The molecule has 2 heterocycles. The molecule has 3 atom stereocenters. The average molecular weight is 302 g/mol. The highest BCUT2D eigenvalue weighted by molar-refractivity contribution is 8.00. The summed E-state index contributed by atoms with van der Waals surface area (Å²) in [4.78, 5) is 27.0. The molecule has 0 saturated carbocycles. The van der Waals surface area contributed by atoms with E-state index in [0.29, 0.717) is 18.7 Å². The number of aliphatic carboxylic acids is 1. The number of hydrogen-bond donors (Lipinski definition) is 2. The van der Waals surface area contributed by atoms with E-state index >= 15 is 0 Å². The second-order valence-electron chi connectivity index (χ2n) is 5.79. The standard InChI is InChI=1S/C13H22N2O4S/c1-3-4-10-15(9(7-20-10)11(16)17)12(18)14-6-5-13(2,19)8-14/h9-10,19H,3-8H2,1-2H3,(H,16,17). The van der Waals surface area contributed by atoms with Gasteiger partial charge in [0.25, 0.3) is 0 Å². The van der Waals surface area contributed by atoms with Crippen LogP contribution in [0.5, 0.6) is 0 Å². The summed E-state index contributed by atoms with van der Waals surface area (Å²) in [5, 5.41) is 19.2. The van der Waals surface area contributed by atoms with E-state index in [-0.39, 0.29) is 17.9 Å². The molecule has 2 amide bonds. The second-order valence-corrected chi connectivity index (χ2v) is 7.00.